The summed E-state index contributed by atoms with van der Waals surface area (Å²) < 4.78 is 43.5. The number of halogens is 1. The molecular weight excluding hydrogens is 920 g/mol. The van der Waals surface area contributed by atoms with Gasteiger partial charge in [0.15, 0.2) is 6.10 Å². The van der Waals surface area contributed by atoms with Gasteiger partial charge in [0.2, 0.25) is 0 Å². The summed E-state index contributed by atoms with van der Waals surface area (Å²) in [6, 6.07) is 11.9. The molecule has 0 spiro atoms. The largest absolute Gasteiger partial charge is 0.462 e. The Hall–Kier alpha value is -6.19. The lowest BCUT2D eigenvalue weighted by Gasteiger charge is -2.18. The Morgan fingerprint density at radius 1 is 0.556 bits per heavy atom. The Kier molecular flexibility index (Phi) is 32.1. The molecule has 0 saturated heterocycles. The zero-order chi connectivity index (χ0) is 51.9. The molecule has 7 nitrogen and oxygen atoms in total. The van der Waals surface area contributed by atoms with Crippen LogP contribution in [-0.2, 0) is 39.4 Å². The maximum atomic E-state index is 14.6. The van der Waals surface area contributed by atoms with Gasteiger partial charge >= 0.3 is 17.9 Å². The van der Waals surface area contributed by atoms with Crippen molar-refractivity contribution in [3.05, 3.63) is 192 Å². The van der Waals surface area contributed by atoms with Crippen LogP contribution in [0.3, 0.4) is 0 Å². The Bertz CT molecular complexity index is 2350. The molecular formula is C63H79FO7S. The minimum atomic E-state index is -1.12. The molecule has 0 saturated carbocycles. The maximum Gasteiger partial charge on any atom is 0.310 e. The normalized spacial score (nSPS) is 14.8. The molecule has 0 N–H and O–H groups in total. The molecule has 9 heteroatoms. The number of unbranched alkanes of at least 4 members (excludes halogenated alkanes) is 2. The molecule has 0 heterocycles. The highest BCUT2D eigenvalue weighted by Gasteiger charge is 2.27. The van der Waals surface area contributed by atoms with Crippen molar-refractivity contribution in [1.82, 2.24) is 0 Å². The van der Waals surface area contributed by atoms with Crippen LogP contribution in [0.25, 0.3) is 17.2 Å². The Labute approximate surface area is 433 Å². The number of carbonyl (C=O) groups is 3. The van der Waals surface area contributed by atoms with E-state index in [1.165, 1.54) is 12.1 Å². The molecule has 1 aliphatic carbocycles. The molecule has 0 radical (unpaired) electrons. The second kappa shape index (κ2) is 38.5. The second-order valence-corrected chi connectivity index (χ2v) is 18.6. The predicted molar refractivity (Wildman–Crippen MR) is 299 cm³/mol. The third-order valence-corrected chi connectivity index (χ3v) is 12.2. The van der Waals surface area contributed by atoms with Gasteiger partial charge in [-0.1, -0.05) is 154 Å². The van der Waals surface area contributed by atoms with E-state index in [9.17, 15) is 23.0 Å². The van der Waals surface area contributed by atoms with Gasteiger partial charge in [0.1, 0.15) is 19.0 Å². The summed E-state index contributed by atoms with van der Waals surface area (Å²) in [4.78, 5) is 40.0. The van der Waals surface area contributed by atoms with Crippen molar-refractivity contribution < 1.29 is 37.2 Å². The summed E-state index contributed by atoms with van der Waals surface area (Å²) in [7, 11) is -1.12. The van der Waals surface area contributed by atoms with Crippen LogP contribution in [0.15, 0.2) is 174 Å². The monoisotopic (exact) mass is 999 g/mol. The Balaban J connectivity index is 1.52. The quantitative estimate of drug-likeness (QED) is 0.0294. The first kappa shape index (κ1) is 60.1. The zero-order valence-corrected chi connectivity index (χ0v) is 44.1. The lowest BCUT2D eigenvalue weighted by atomic mass is 10.0. The molecule has 0 bridgehead atoms. The lowest BCUT2D eigenvalue weighted by Crippen LogP contribution is -2.31. The fraction of sp³-hybridized carbons (Fsp3) is 0.381. The van der Waals surface area contributed by atoms with Gasteiger partial charge in [-0.3, -0.25) is 18.6 Å². The fourth-order valence-corrected chi connectivity index (χ4v) is 7.89. The van der Waals surface area contributed by atoms with Crippen LogP contribution in [0.4, 0.5) is 4.39 Å². The van der Waals surface area contributed by atoms with E-state index in [1.807, 2.05) is 31.2 Å². The smallest absolute Gasteiger partial charge is 0.310 e. The number of allylic oxidation sites excluding steroid dienone is 22. The van der Waals surface area contributed by atoms with Crippen LogP contribution in [-0.4, -0.2) is 47.7 Å². The molecule has 0 aromatic heterocycles. The molecule has 0 aliphatic heterocycles. The Morgan fingerprint density at radius 3 is 1.44 bits per heavy atom. The van der Waals surface area contributed by atoms with E-state index in [-0.39, 0.29) is 32.5 Å². The van der Waals surface area contributed by atoms with Crippen LogP contribution >= 0.6 is 0 Å². The van der Waals surface area contributed by atoms with Gasteiger partial charge in [0.05, 0.1) is 6.42 Å². The highest BCUT2D eigenvalue weighted by Crippen LogP contribution is 2.44. The van der Waals surface area contributed by atoms with Crippen LogP contribution in [0.5, 0.6) is 0 Å². The van der Waals surface area contributed by atoms with Crippen molar-refractivity contribution in [2.45, 2.75) is 141 Å². The molecule has 3 rings (SSSR count). The summed E-state index contributed by atoms with van der Waals surface area (Å²) in [5.41, 5.74) is 4.49. The summed E-state index contributed by atoms with van der Waals surface area (Å²) in [5, 5.41) is 0. The first-order valence-electron chi connectivity index (χ1n) is 25.8. The molecule has 1 aliphatic rings. The van der Waals surface area contributed by atoms with E-state index >= 15 is 0 Å². The number of hydrogen-bond donors (Lipinski definition) is 0. The van der Waals surface area contributed by atoms with Gasteiger partial charge < -0.3 is 14.2 Å². The average Bonchev–Trinajstić information content (AvgIpc) is 3.61. The van der Waals surface area contributed by atoms with E-state index in [4.69, 9.17) is 14.2 Å². The molecule has 2 atom stereocenters. The summed E-state index contributed by atoms with van der Waals surface area (Å²) in [5.74, 6) is -1.95. The van der Waals surface area contributed by atoms with Gasteiger partial charge in [-0.05, 0) is 161 Å². The minimum absolute atomic E-state index is 0.141. The standard InChI is InChI=1S/C63H79FO7S/c1-5-7-9-11-13-15-17-19-21-23-25-27-29-31-33-35-37-39-61(65)69-50-55(71-62(66)40-38-36-34-32-30-28-26-24-22-20-18-16-14-12-10-8-6-2)51-70-63(67)49-59-52(3)58(57-46-43-54(64)48-60(57)59)47-53-41-44-56(45-42-53)72(4)68/h7-10,13-16,19-22,25-28,31-34,41-48,55H,5-6,11-12,17-18,23-24,29-30,35-40,49-51H2,1-4H3/b9-7?,10-8?,15-13?,16-14?,21-19?,22-20?,27-25?,28-26?,33-31?,34-32?,58-47-. The molecule has 2 unspecified atom stereocenters. The number of fused-ring (bicyclic) bond motifs is 1. The van der Waals surface area contributed by atoms with Crippen molar-refractivity contribution in [2.75, 3.05) is 19.5 Å². The molecule has 0 amide bonds. The third kappa shape index (κ3) is 26.9. The maximum absolute atomic E-state index is 14.6. The molecule has 2 aromatic rings. The van der Waals surface area contributed by atoms with Crippen LogP contribution in [0, 0.1) is 5.82 Å². The van der Waals surface area contributed by atoms with E-state index < -0.39 is 40.6 Å². The zero-order valence-electron chi connectivity index (χ0n) is 43.3. The van der Waals surface area contributed by atoms with Crippen molar-refractivity contribution in [2.24, 2.45) is 0 Å². The molecule has 386 valence electrons. The van der Waals surface area contributed by atoms with E-state index in [0.717, 1.165) is 86.5 Å². The number of ether oxygens (including phenoxy) is 3. The number of hydrogen-bond acceptors (Lipinski definition) is 7. The summed E-state index contributed by atoms with van der Waals surface area (Å²) in [6.07, 6.45) is 57.5. The Morgan fingerprint density at radius 2 is 0.986 bits per heavy atom. The summed E-state index contributed by atoms with van der Waals surface area (Å²) in [6.45, 7) is 5.57. The highest BCUT2D eigenvalue weighted by atomic mass is 32.2. The number of esters is 3. The first-order valence-corrected chi connectivity index (χ1v) is 27.3. The second-order valence-electron chi connectivity index (χ2n) is 17.2. The SMILES string of the molecule is CCC=CCC=CCC=CCC=CCC=CCCCC(=O)OCC(COC(=O)CC1=C(C)/C(=C/c2ccc(S(C)=O)cc2)c2ccc(F)cc21)OC(=O)CCCC=CCC=CCC=CCC=CCC=CCC. The van der Waals surface area contributed by atoms with E-state index in [0.29, 0.717) is 41.7 Å². The van der Waals surface area contributed by atoms with E-state index in [2.05, 4.69) is 129 Å². The third-order valence-electron chi connectivity index (χ3n) is 11.3. The molecule has 72 heavy (non-hydrogen) atoms. The number of benzene rings is 2. The van der Waals surface area contributed by atoms with Gasteiger partial charge in [-0.25, -0.2) is 4.39 Å². The average molecular weight is 999 g/mol. The minimum Gasteiger partial charge on any atom is -0.462 e. The number of carbonyl (C=O) groups excluding carboxylic acids is 3. The fourth-order valence-electron chi connectivity index (χ4n) is 7.37. The van der Waals surface area contributed by atoms with Crippen LogP contribution in [0.1, 0.15) is 147 Å². The van der Waals surface area contributed by atoms with Crippen LogP contribution < -0.4 is 0 Å². The predicted octanol–water partition coefficient (Wildman–Crippen LogP) is 16.1. The highest BCUT2D eigenvalue weighted by molar-refractivity contribution is 7.84. The van der Waals surface area contributed by atoms with Gasteiger partial charge in [-0.2, -0.15) is 0 Å². The van der Waals surface area contributed by atoms with Gasteiger partial charge in [0.25, 0.3) is 0 Å². The summed E-state index contributed by atoms with van der Waals surface area (Å²) >= 11 is 0. The first-order chi connectivity index (χ1) is 35.1. The van der Waals surface area contributed by atoms with Gasteiger partial charge in [-0.15, -0.1) is 0 Å². The molecule has 2 aromatic carbocycles. The lowest BCUT2D eigenvalue weighted by molar-refractivity contribution is -0.166. The topological polar surface area (TPSA) is 96.0 Å². The van der Waals surface area contributed by atoms with Crippen molar-refractivity contribution in [3.8, 4) is 0 Å². The van der Waals surface area contributed by atoms with E-state index in [1.54, 1.807) is 24.5 Å². The van der Waals surface area contributed by atoms with Crippen molar-refractivity contribution in [3.63, 3.8) is 0 Å². The molecule has 0 fully saturated rings. The van der Waals surface area contributed by atoms with Gasteiger partial charge in [0, 0.05) is 34.8 Å². The van der Waals surface area contributed by atoms with Crippen molar-refractivity contribution >= 4 is 45.9 Å². The number of rotatable bonds is 35. The van der Waals surface area contributed by atoms with Crippen LogP contribution in [0.2, 0.25) is 0 Å². The van der Waals surface area contributed by atoms with Crippen molar-refractivity contribution in [1.29, 1.82) is 0 Å².